The number of amides is 1. The zero-order valence-electron chi connectivity index (χ0n) is 16.3. The van der Waals surface area contributed by atoms with Crippen molar-refractivity contribution in [2.45, 2.75) is 45.1 Å². The van der Waals surface area contributed by atoms with Gasteiger partial charge < -0.3 is 14.0 Å². The number of carbonyl (C=O) groups is 1. The fourth-order valence-electron chi connectivity index (χ4n) is 3.68. The van der Waals surface area contributed by atoms with Gasteiger partial charge >= 0.3 is 0 Å². The molecule has 1 aliphatic rings. The molecule has 7 heteroatoms. The van der Waals surface area contributed by atoms with Crippen molar-refractivity contribution in [3.8, 4) is 0 Å². The summed E-state index contributed by atoms with van der Waals surface area (Å²) < 4.78 is 7.43. The summed E-state index contributed by atoms with van der Waals surface area (Å²) in [5.74, 6) is 2.09. The normalized spacial score (nSPS) is 17.2. The van der Waals surface area contributed by atoms with E-state index >= 15 is 0 Å². The number of nitrogens with zero attached hydrogens (tertiary/aromatic N) is 5. The highest BCUT2D eigenvalue weighted by atomic mass is 16.5. The topological polar surface area (TPSA) is 77.1 Å². The number of aromatic nitrogens is 4. The minimum Gasteiger partial charge on any atom is -0.360 e. The predicted molar refractivity (Wildman–Crippen MR) is 104 cm³/mol. The highest BCUT2D eigenvalue weighted by Gasteiger charge is 2.29. The van der Waals surface area contributed by atoms with Gasteiger partial charge in [0.2, 0.25) is 0 Å². The zero-order valence-corrected chi connectivity index (χ0v) is 16.3. The maximum absolute atomic E-state index is 12.9. The molecule has 3 aromatic heterocycles. The molecule has 0 unspecified atom stereocenters. The van der Waals surface area contributed by atoms with E-state index in [1.54, 1.807) is 12.3 Å². The average Bonchev–Trinajstić information content (AvgIpc) is 3.38. The number of piperidine rings is 1. The summed E-state index contributed by atoms with van der Waals surface area (Å²) in [6, 6.07) is 7.68. The predicted octanol–water partition coefficient (Wildman–Crippen LogP) is 3.46. The van der Waals surface area contributed by atoms with Crippen molar-refractivity contribution in [2.24, 2.45) is 0 Å². The second kappa shape index (κ2) is 7.96. The van der Waals surface area contributed by atoms with Gasteiger partial charge in [-0.3, -0.25) is 9.78 Å². The molecule has 7 nitrogen and oxygen atoms in total. The van der Waals surface area contributed by atoms with E-state index < -0.39 is 0 Å². The molecule has 1 fully saturated rings. The van der Waals surface area contributed by atoms with Crippen LogP contribution < -0.4 is 0 Å². The zero-order chi connectivity index (χ0) is 19.5. The quantitative estimate of drug-likeness (QED) is 0.678. The molecule has 146 valence electrons. The highest BCUT2D eigenvalue weighted by molar-refractivity contribution is 5.92. The third-order valence-electron chi connectivity index (χ3n) is 5.20. The first-order valence-corrected chi connectivity index (χ1v) is 9.78. The Hall–Kier alpha value is -2.96. The van der Waals surface area contributed by atoms with Gasteiger partial charge in [0.25, 0.3) is 5.91 Å². The highest BCUT2D eigenvalue weighted by Crippen LogP contribution is 2.27. The number of hydrogen-bond donors (Lipinski definition) is 0. The van der Waals surface area contributed by atoms with E-state index in [1.807, 2.05) is 49.3 Å². The number of rotatable bonds is 5. The Kier molecular flexibility index (Phi) is 5.23. The largest absolute Gasteiger partial charge is 0.360 e. The van der Waals surface area contributed by atoms with Crippen LogP contribution in [0.1, 0.15) is 66.3 Å². The van der Waals surface area contributed by atoms with Crippen molar-refractivity contribution >= 4 is 5.91 Å². The van der Waals surface area contributed by atoms with Crippen LogP contribution in [0.5, 0.6) is 0 Å². The summed E-state index contributed by atoms with van der Waals surface area (Å²) in [7, 11) is 0. The van der Waals surface area contributed by atoms with Gasteiger partial charge in [0.05, 0.1) is 12.2 Å². The SMILES string of the molecule is CC(C)c1cc(C(=O)N2CCC[C@@H](c3nccn3Cc3ccccn3)C2)no1. The van der Waals surface area contributed by atoms with Crippen molar-refractivity contribution in [2.75, 3.05) is 13.1 Å². The summed E-state index contributed by atoms with van der Waals surface area (Å²) in [6.07, 6.45) is 7.57. The molecule has 0 aromatic carbocycles. The molecule has 0 bridgehead atoms. The van der Waals surface area contributed by atoms with Gasteiger partial charge in [-0.1, -0.05) is 25.1 Å². The Morgan fingerprint density at radius 3 is 2.93 bits per heavy atom. The molecule has 0 saturated carbocycles. The van der Waals surface area contributed by atoms with Gasteiger partial charge in [-0.15, -0.1) is 0 Å². The van der Waals surface area contributed by atoms with Crippen molar-refractivity contribution in [3.05, 3.63) is 65.8 Å². The second-order valence-electron chi connectivity index (χ2n) is 7.59. The number of imidazole rings is 1. The monoisotopic (exact) mass is 379 g/mol. The standard InChI is InChI=1S/C21H25N5O2/c1-15(2)19-12-18(24-28-19)21(27)26-10-5-6-16(13-26)20-23-9-11-25(20)14-17-7-3-4-8-22-17/h3-4,7-9,11-12,15-16H,5-6,10,13-14H2,1-2H3/t16-/m1/s1. The van der Waals surface area contributed by atoms with Crippen LogP contribution in [-0.2, 0) is 6.54 Å². The lowest BCUT2D eigenvalue weighted by atomic mass is 9.96. The van der Waals surface area contributed by atoms with Gasteiger partial charge in [-0.05, 0) is 25.0 Å². The van der Waals surface area contributed by atoms with Crippen LogP contribution in [0.2, 0.25) is 0 Å². The Morgan fingerprint density at radius 2 is 2.18 bits per heavy atom. The van der Waals surface area contributed by atoms with Crippen molar-refractivity contribution in [1.29, 1.82) is 0 Å². The molecule has 0 N–H and O–H groups in total. The maximum Gasteiger partial charge on any atom is 0.276 e. The van der Waals surface area contributed by atoms with Crippen LogP contribution in [0.4, 0.5) is 0 Å². The average molecular weight is 379 g/mol. The first-order chi connectivity index (χ1) is 13.6. The molecule has 0 radical (unpaired) electrons. The third kappa shape index (κ3) is 3.83. The lowest BCUT2D eigenvalue weighted by Gasteiger charge is -2.32. The smallest absolute Gasteiger partial charge is 0.276 e. The summed E-state index contributed by atoms with van der Waals surface area (Å²) in [5, 5.41) is 3.98. The van der Waals surface area contributed by atoms with Crippen LogP contribution in [0.15, 0.2) is 47.4 Å². The van der Waals surface area contributed by atoms with E-state index in [9.17, 15) is 4.79 Å². The maximum atomic E-state index is 12.9. The van der Waals surface area contributed by atoms with E-state index in [2.05, 4.69) is 19.7 Å². The summed E-state index contributed by atoms with van der Waals surface area (Å²) in [5.41, 5.74) is 1.38. The van der Waals surface area contributed by atoms with Gasteiger partial charge in [0, 0.05) is 49.6 Å². The summed E-state index contributed by atoms with van der Waals surface area (Å²) >= 11 is 0. The molecule has 1 saturated heterocycles. The molecular weight excluding hydrogens is 354 g/mol. The minimum atomic E-state index is -0.0665. The molecular formula is C21H25N5O2. The molecule has 1 atom stereocenters. The molecule has 3 aromatic rings. The molecule has 0 spiro atoms. The Labute approximate surface area is 164 Å². The number of carbonyl (C=O) groups excluding carboxylic acids is 1. The van der Waals surface area contributed by atoms with E-state index in [0.717, 1.165) is 36.7 Å². The van der Waals surface area contributed by atoms with Gasteiger partial charge in [0.15, 0.2) is 5.69 Å². The number of hydrogen-bond acceptors (Lipinski definition) is 5. The van der Waals surface area contributed by atoms with Crippen molar-refractivity contribution < 1.29 is 9.32 Å². The van der Waals surface area contributed by atoms with E-state index in [4.69, 9.17) is 4.52 Å². The first kappa shape index (κ1) is 18.4. The van der Waals surface area contributed by atoms with E-state index in [1.165, 1.54) is 0 Å². The Bertz CT molecular complexity index is 931. The van der Waals surface area contributed by atoms with Crippen LogP contribution >= 0.6 is 0 Å². The molecule has 1 aliphatic heterocycles. The molecule has 4 rings (SSSR count). The third-order valence-corrected chi connectivity index (χ3v) is 5.20. The Morgan fingerprint density at radius 1 is 1.29 bits per heavy atom. The fraction of sp³-hybridized carbons (Fsp3) is 0.429. The first-order valence-electron chi connectivity index (χ1n) is 9.78. The van der Waals surface area contributed by atoms with E-state index in [-0.39, 0.29) is 17.7 Å². The van der Waals surface area contributed by atoms with Crippen LogP contribution in [0.3, 0.4) is 0 Å². The molecule has 1 amide bonds. The second-order valence-corrected chi connectivity index (χ2v) is 7.59. The van der Waals surface area contributed by atoms with Gasteiger partial charge in [-0.25, -0.2) is 4.98 Å². The Balaban J connectivity index is 1.48. The summed E-state index contributed by atoms with van der Waals surface area (Å²) in [4.78, 5) is 23.8. The lowest BCUT2D eigenvalue weighted by Crippen LogP contribution is -2.40. The number of likely N-dealkylation sites (tertiary alicyclic amines) is 1. The lowest BCUT2D eigenvalue weighted by molar-refractivity contribution is 0.0692. The van der Waals surface area contributed by atoms with E-state index in [0.29, 0.717) is 18.8 Å². The fourth-order valence-corrected chi connectivity index (χ4v) is 3.68. The van der Waals surface area contributed by atoms with Gasteiger partial charge in [-0.2, -0.15) is 0 Å². The van der Waals surface area contributed by atoms with Gasteiger partial charge in [0.1, 0.15) is 11.6 Å². The number of pyridine rings is 1. The minimum absolute atomic E-state index is 0.0665. The van der Waals surface area contributed by atoms with Crippen LogP contribution in [-0.4, -0.2) is 43.6 Å². The van der Waals surface area contributed by atoms with Crippen molar-refractivity contribution in [3.63, 3.8) is 0 Å². The molecule has 4 heterocycles. The van der Waals surface area contributed by atoms with Crippen LogP contribution in [0, 0.1) is 0 Å². The molecule has 28 heavy (non-hydrogen) atoms. The van der Waals surface area contributed by atoms with Crippen LogP contribution in [0.25, 0.3) is 0 Å². The molecule has 0 aliphatic carbocycles. The van der Waals surface area contributed by atoms with Crippen molar-refractivity contribution in [1.82, 2.24) is 24.6 Å². The summed E-state index contributed by atoms with van der Waals surface area (Å²) in [6.45, 7) is 6.10.